The number of thioether (sulfide) groups is 1. The topological polar surface area (TPSA) is 90.9 Å². The summed E-state index contributed by atoms with van der Waals surface area (Å²) in [6, 6.07) is 5.90. The molecule has 1 aromatic carbocycles. The Hall–Kier alpha value is -2.15. The predicted octanol–water partition coefficient (Wildman–Crippen LogP) is 2.94. The molecule has 1 amide bonds. The predicted molar refractivity (Wildman–Crippen MR) is 103 cm³/mol. The van der Waals surface area contributed by atoms with E-state index in [1.165, 1.54) is 11.8 Å². The quantitative estimate of drug-likeness (QED) is 0.538. The number of ketones is 1. The largest absolute Gasteiger partial charge is 0.370 e. The number of aryl methyl sites for hydroxylation is 3. The second-order valence-corrected chi connectivity index (χ2v) is 7.84. The number of aromatic nitrogens is 3. The van der Waals surface area contributed by atoms with Crippen LogP contribution in [0.25, 0.3) is 0 Å². The van der Waals surface area contributed by atoms with E-state index in [1.807, 2.05) is 36.6 Å². The van der Waals surface area contributed by atoms with E-state index in [-0.39, 0.29) is 18.1 Å². The molecule has 2 N–H and O–H groups in total. The van der Waals surface area contributed by atoms with Crippen LogP contribution in [0.2, 0.25) is 0 Å². The molecule has 0 aliphatic rings. The lowest BCUT2D eigenvalue weighted by Gasteiger charge is -2.12. The van der Waals surface area contributed by atoms with Gasteiger partial charge in [-0.2, -0.15) is 0 Å². The lowest BCUT2D eigenvalue weighted by atomic mass is 10.0. The summed E-state index contributed by atoms with van der Waals surface area (Å²) in [6.45, 7) is 8.87. The Morgan fingerprint density at radius 2 is 1.96 bits per heavy atom. The minimum atomic E-state index is -0.358. The molecule has 7 heteroatoms. The van der Waals surface area contributed by atoms with Crippen molar-refractivity contribution >= 4 is 23.5 Å². The zero-order chi connectivity index (χ0) is 19.3. The average Bonchev–Trinajstić information content (AvgIpc) is 2.94. The lowest BCUT2D eigenvalue weighted by molar-refractivity contribution is -0.118. The molecule has 1 heterocycles. The first kappa shape index (κ1) is 20.2. The maximum atomic E-state index is 12.6. The number of benzene rings is 1. The first-order chi connectivity index (χ1) is 12.3. The molecule has 0 spiro atoms. The van der Waals surface area contributed by atoms with Gasteiger partial charge in [0.05, 0.1) is 5.75 Å². The molecule has 0 atom stereocenters. The van der Waals surface area contributed by atoms with Crippen LogP contribution in [0.15, 0.2) is 23.4 Å². The minimum Gasteiger partial charge on any atom is -0.370 e. The fraction of sp³-hybridized carbons (Fsp3) is 0.474. The summed E-state index contributed by atoms with van der Waals surface area (Å²) in [5.41, 5.74) is 8.04. The fourth-order valence-electron chi connectivity index (χ4n) is 2.64. The van der Waals surface area contributed by atoms with Crippen molar-refractivity contribution in [2.24, 2.45) is 11.7 Å². The molecule has 26 heavy (non-hydrogen) atoms. The highest BCUT2D eigenvalue weighted by molar-refractivity contribution is 7.99. The molecule has 0 fully saturated rings. The van der Waals surface area contributed by atoms with E-state index in [0.29, 0.717) is 23.2 Å². The average molecular weight is 375 g/mol. The monoisotopic (exact) mass is 374 g/mol. The van der Waals surface area contributed by atoms with E-state index in [4.69, 9.17) is 5.73 Å². The molecule has 0 radical (unpaired) electrons. The van der Waals surface area contributed by atoms with E-state index >= 15 is 0 Å². The summed E-state index contributed by atoms with van der Waals surface area (Å²) < 4.78 is 1.99. The molecular formula is C19H26N4O2S. The van der Waals surface area contributed by atoms with Gasteiger partial charge in [-0.3, -0.25) is 9.59 Å². The molecule has 6 nitrogen and oxygen atoms in total. The Morgan fingerprint density at radius 1 is 1.23 bits per heavy atom. The SMILES string of the molecule is Cc1ccc(C)c(C(=O)CSc2nnc(CCC(N)=O)n2CC(C)C)c1. The number of carbonyl (C=O) groups is 2. The van der Waals surface area contributed by atoms with E-state index in [2.05, 4.69) is 24.0 Å². The lowest BCUT2D eigenvalue weighted by Crippen LogP contribution is -2.15. The zero-order valence-electron chi connectivity index (χ0n) is 15.8. The van der Waals surface area contributed by atoms with Crippen molar-refractivity contribution in [3.8, 4) is 0 Å². The molecule has 2 rings (SSSR count). The first-order valence-electron chi connectivity index (χ1n) is 8.71. The summed E-state index contributed by atoms with van der Waals surface area (Å²) in [4.78, 5) is 23.7. The van der Waals surface area contributed by atoms with Crippen LogP contribution < -0.4 is 5.73 Å². The zero-order valence-corrected chi connectivity index (χ0v) is 16.6. The number of primary amides is 1. The second-order valence-electron chi connectivity index (χ2n) is 6.90. The molecule has 0 aliphatic carbocycles. The van der Waals surface area contributed by atoms with Crippen LogP contribution in [0.5, 0.6) is 0 Å². The van der Waals surface area contributed by atoms with Crippen LogP contribution in [0.3, 0.4) is 0 Å². The summed E-state index contributed by atoms with van der Waals surface area (Å²) >= 11 is 1.39. The third kappa shape index (κ3) is 5.42. The van der Waals surface area contributed by atoms with Crippen molar-refractivity contribution < 1.29 is 9.59 Å². The van der Waals surface area contributed by atoms with Gasteiger partial charge in [-0.25, -0.2) is 0 Å². The number of nitrogens with two attached hydrogens (primary N) is 1. The molecule has 140 valence electrons. The van der Waals surface area contributed by atoms with Crippen LogP contribution >= 0.6 is 11.8 Å². The standard InChI is InChI=1S/C19H26N4O2S/c1-12(2)10-23-18(8-7-17(20)25)21-22-19(23)26-11-16(24)15-9-13(3)5-6-14(15)4/h5-6,9,12H,7-8,10-11H2,1-4H3,(H2,20,25). The van der Waals surface area contributed by atoms with Crippen molar-refractivity contribution in [2.75, 3.05) is 5.75 Å². The van der Waals surface area contributed by atoms with Crippen molar-refractivity contribution in [3.63, 3.8) is 0 Å². The van der Waals surface area contributed by atoms with Crippen LogP contribution in [-0.4, -0.2) is 32.2 Å². The molecule has 0 bridgehead atoms. The van der Waals surface area contributed by atoms with E-state index in [0.717, 1.165) is 29.1 Å². The Bertz CT molecular complexity index is 799. The normalized spacial score (nSPS) is 11.1. The van der Waals surface area contributed by atoms with Gasteiger partial charge in [0.25, 0.3) is 0 Å². The van der Waals surface area contributed by atoms with Gasteiger partial charge in [0, 0.05) is 24.9 Å². The third-order valence-electron chi connectivity index (χ3n) is 3.96. The molecule has 0 saturated carbocycles. The maximum absolute atomic E-state index is 12.6. The Kier molecular flexibility index (Phi) is 6.97. The number of rotatable bonds is 9. The summed E-state index contributed by atoms with van der Waals surface area (Å²) in [5.74, 6) is 1.15. The summed E-state index contributed by atoms with van der Waals surface area (Å²) in [6.07, 6.45) is 0.697. The molecule has 0 unspecified atom stereocenters. The highest BCUT2D eigenvalue weighted by Crippen LogP contribution is 2.22. The maximum Gasteiger partial charge on any atom is 0.217 e. The number of Topliss-reactive ketones (excluding diaryl/α,β-unsaturated/α-hetero) is 1. The first-order valence-corrected chi connectivity index (χ1v) is 9.70. The highest BCUT2D eigenvalue weighted by atomic mass is 32.2. The summed E-state index contributed by atoms with van der Waals surface area (Å²) in [7, 11) is 0. The minimum absolute atomic E-state index is 0.0778. The van der Waals surface area contributed by atoms with Crippen molar-refractivity contribution in [1.29, 1.82) is 0 Å². The van der Waals surface area contributed by atoms with Crippen molar-refractivity contribution in [2.45, 2.75) is 52.2 Å². The van der Waals surface area contributed by atoms with Gasteiger partial charge in [-0.15, -0.1) is 10.2 Å². The number of carbonyl (C=O) groups excluding carboxylic acids is 2. The van der Waals surface area contributed by atoms with Gasteiger partial charge >= 0.3 is 0 Å². The number of hydrogen-bond donors (Lipinski definition) is 1. The van der Waals surface area contributed by atoms with Crippen molar-refractivity contribution in [3.05, 3.63) is 40.7 Å². The molecular weight excluding hydrogens is 348 g/mol. The molecule has 0 aliphatic heterocycles. The van der Waals surface area contributed by atoms with Gasteiger partial charge in [-0.1, -0.05) is 43.3 Å². The number of nitrogens with zero attached hydrogens (tertiary/aromatic N) is 3. The number of amides is 1. The molecule has 0 saturated heterocycles. The van der Waals surface area contributed by atoms with Crippen LogP contribution in [0, 0.1) is 19.8 Å². The third-order valence-corrected chi connectivity index (χ3v) is 4.93. The van der Waals surface area contributed by atoms with Crippen LogP contribution in [0.4, 0.5) is 0 Å². The highest BCUT2D eigenvalue weighted by Gasteiger charge is 2.17. The van der Waals surface area contributed by atoms with Gasteiger partial charge in [-0.05, 0) is 31.4 Å². The van der Waals surface area contributed by atoms with Gasteiger partial charge < -0.3 is 10.3 Å². The van der Waals surface area contributed by atoms with E-state index in [1.54, 1.807) is 0 Å². The smallest absolute Gasteiger partial charge is 0.217 e. The Morgan fingerprint density at radius 3 is 2.62 bits per heavy atom. The molecule has 1 aromatic heterocycles. The summed E-state index contributed by atoms with van der Waals surface area (Å²) in [5, 5.41) is 9.13. The van der Waals surface area contributed by atoms with E-state index < -0.39 is 0 Å². The Balaban J connectivity index is 2.14. The van der Waals surface area contributed by atoms with E-state index in [9.17, 15) is 9.59 Å². The van der Waals surface area contributed by atoms with Crippen LogP contribution in [0.1, 0.15) is 47.6 Å². The van der Waals surface area contributed by atoms with Gasteiger partial charge in [0.15, 0.2) is 10.9 Å². The van der Waals surface area contributed by atoms with Crippen LogP contribution in [-0.2, 0) is 17.8 Å². The van der Waals surface area contributed by atoms with Gasteiger partial charge in [0.1, 0.15) is 5.82 Å². The Labute approximate surface area is 158 Å². The second kappa shape index (κ2) is 8.98. The van der Waals surface area contributed by atoms with Crippen molar-refractivity contribution in [1.82, 2.24) is 14.8 Å². The molecule has 2 aromatic rings. The number of hydrogen-bond acceptors (Lipinski definition) is 5. The fourth-order valence-corrected chi connectivity index (χ4v) is 3.49. The van der Waals surface area contributed by atoms with Gasteiger partial charge in [0.2, 0.25) is 5.91 Å².